The Hall–Kier alpha value is -1.42. The quantitative estimate of drug-likeness (QED) is 0.681. The van der Waals surface area contributed by atoms with Gasteiger partial charge >= 0.3 is 0 Å². The predicted octanol–water partition coefficient (Wildman–Crippen LogP) is 5.33. The maximum absolute atomic E-state index is 14.2. The number of rotatable bonds is 4. The zero-order valence-electron chi connectivity index (χ0n) is 11.5. The number of nitrogens with zero attached hydrogens (tertiary/aromatic N) is 1. The molecular formula is C16H16BrF2N. The molecule has 0 aliphatic heterocycles. The smallest absolute Gasteiger partial charge is 0.150 e. The van der Waals surface area contributed by atoms with E-state index < -0.39 is 11.6 Å². The van der Waals surface area contributed by atoms with Crippen LogP contribution in [0.15, 0.2) is 36.4 Å². The molecule has 0 unspecified atom stereocenters. The number of anilines is 2. The summed E-state index contributed by atoms with van der Waals surface area (Å²) in [7, 11) is 0. The number of hydrogen-bond donors (Lipinski definition) is 0. The van der Waals surface area contributed by atoms with E-state index in [9.17, 15) is 8.78 Å². The molecule has 0 aliphatic carbocycles. The van der Waals surface area contributed by atoms with E-state index in [1.165, 1.54) is 12.1 Å². The Morgan fingerprint density at radius 3 is 2.25 bits per heavy atom. The van der Waals surface area contributed by atoms with E-state index in [2.05, 4.69) is 15.9 Å². The van der Waals surface area contributed by atoms with Gasteiger partial charge in [-0.05, 0) is 49.2 Å². The highest BCUT2D eigenvalue weighted by molar-refractivity contribution is 9.08. The van der Waals surface area contributed by atoms with Crippen LogP contribution in [0.5, 0.6) is 0 Å². The minimum atomic E-state index is -0.539. The molecule has 0 fully saturated rings. The summed E-state index contributed by atoms with van der Waals surface area (Å²) in [5, 5.41) is 0.428. The van der Waals surface area contributed by atoms with Gasteiger partial charge in [0, 0.05) is 17.6 Å². The molecule has 0 bridgehead atoms. The van der Waals surface area contributed by atoms with Crippen molar-refractivity contribution in [2.45, 2.75) is 19.2 Å². The molecular weight excluding hydrogens is 324 g/mol. The van der Waals surface area contributed by atoms with E-state index in [0.717, 1.165) is 11.3 Å². The molecule has 0 aliphatic rings. The number of aryl methyl sites for hydroxylation is 1. The number of hydrogen-bond acceptors (Lipinski definition) is 1. The molecule has 20 heavy (non-hydrogen) atoms. The maximum Gasteiger partial charge on any atom is 0.150 e. The van der Waals surface area contributed by atoms with Gasteiger partial charge in [0.25, 0.3) is 0 Å². The third kappa shape index (κ3) is 3.01. The molecule has 0 N–H and O–H groups in total. The van der Waals surface area contributed by atoms with Gasteiger partial charge in [-0.15, -0.1) is 0 Å². The third-order valence-electron chi connectivity index (χ3n) is 3.13. The molecule has 2 aromatic rings. The summed E-state index contributed by atoms with van der Waals surface area (Å²) in [6.45, 7) is 4.32. The monoisotopic (exact) mass is 339 g/mol. The second kappa shape index (κ2) is 6.35. The molecule has 0 atom stereocenters. The molecule has 4 heteroatoms. The largest absolute Gasteiger partial charge is 0.337 e. The fourth-order valence-corrected chi connectivity index (χ4v) is 2.54. The second-order valence-corrected chi connectivity index (χ2v) is 5.19. The summed E-state index contributed by atoms with van der Waals surface area (Å²) in [6.07, 6.45) is 0. The molecule has 2 aromatic carbocycles. The van der Waals surface area contributed by atoms with Crippen molar-refractivity contribution in [3.63, 3.8) is 0 Å². The van der Waals surface area contributed by atoms with Gasteiger partial charge < -0.3 is 4.90 Å². The lowest BCUT2D eigenvalue weighted by Gasteiger charge is -2.25. The summed E-state index contributed by atoms with van der Waals surface area (Å²) in [6, 6.07) is 10.3. The zero-order chi connectivity index (χ0) is 14.7. The van der Waals surface area contributed by atoms with E-state index in [0.29, 0.717) is 17.4 Å². The Balaban J connectivity index is 2.52. The van der Waals surface area contributed by atoms with Crippen molar-refractivity contribution in [1.82, 2.24) is 0 Å². The van der Waals surface area contributed by atoms with E-state index in [4.69, 9.17) is 0 Å². The Morgan fingerprint density at radius 1 is 1.10 bits per heavy atom. The fourth-order valence-electron chi connectivity index (χ4n) is 2.22. The van der Waals surface area contributed by atoms with E-state index in [1.54, 1.807) is 4.90 Å². The van der Waals surface area contributed by atoms with Gasteiger partial charge in [-0.25, -0.2) is 8.78 Å². The van der Waals surface area contributed by atoms with Crippen LogP contribution < -0.4 is 4.90 Å². The van der Waals surface area contributed by atoms with Crippen LogP contribution in [0.4, 0.5) is 20.2 Å². The molecule has 0 amide bonds. The molecule has 0 radical (unpaired) electrons. The molecule has 106 valence electrons. The summed E-state index contributed by atoms with van der Waals surface area (Å²) in [4.78, 5) is 1.65. The van der Waals surface area contributed by atoms with Gasteiger partial charge in [0.2, 0.25) is 0 Å². The molecule has 2 rings (SSSR count). The van der Waals surface area contributed by atoms with E-state index in [-0.39, 0.29) is 5.69 Å². The van der Waals surface area contributed by atoms with Crippen molar-refractivity contribution >= 4 is 27.3 Å². The topological polar surface area (TPSA) is 3.24 Å². The van der Waals surface area contributed by atoms with Gasteiger partial charge in [0.1, 0.15) is 17.3 Å². The highest BCUT2D eigenvalue weighted by atomic mass is 79.9. The lowest BCUT2D eigenvalue weighted by molar-refractivity contribution is 0.579. The molecule has 0 spiro atoms. The Labute approximate surface area is 126 Å². The standard InChI is InChI=1S/C16H16BrF2N/c1-3-20(13-6-4-5-11(2)7-13)16-14(18)8-12(10-17)9-15(16)19/h4-9H,3,10H2,1-2H3. The maximum atomic E-state index is 14.2. The first-order valence-electron chi connectivity index (χ1n) is 6.45. The lowest BCUT2D eigenvalue weighted by Crippen LogP contribution is -2.19. The van der Waals surface area contributed by atoms with E-state index >= 15 is 0 Å². The summed E-state index contributed by atoms with van der Waals surface area (Å²) in [5.74, 6) is -1.08. The van der Waals surface area contributed by atoms with Crippen LogP contribution in [0.3, 0.4) is 0 Å². The Kier molecular flexibility index (Phi) is 4.76. The zero-order valence-corrected chi connectivity index (χ0v) is 13.0. The van der Waals surface area contributed by atoms with Gasteiger partial charge in [0.15, 0.2) is 0 Å². The molecule has 0 saturated carbocycles. The summed E-state index contributed by atoms with van der Waals surface area (Å²) < 4.78 is 28.4. The van der Waals surface area contributed by atoms with Crippen LogP contribution in [-0.2, 0) is 5.33 Å². The van der Waals surface area contributed by atoms with Crippen molar-refractivity contribution in [2.75, 3.05) is 11.4 Å². The second-order valence-electron chi connectivity index (χ2n) is 4.62. The van der Waals surface area contributed by atoms with E-state index in [1.807, 2.05) is 38.1 Å². The third-order valence-corrected chi connectivity index (χ3v) is 3.78. The molecule has 0 aromatic heterocycles. The van der Waals surface area contributed by atoms with Crippen molar-refractivity contribution in [2.24, 2.45) is 0 Å². The van der Waals surface area contributed by atoms with Crippen LogP contribution >= 0.6 is 15.9 Å². The summed E-state index contributed by atoms with van der Waals surface area (Å²) >= 11 is 3.21. The lowest BCUT2D eigenvalue weighted by atomic mass is 10.1. The Bertz CT molecular complexity index is 590. The van der Waals surface area contributed by atoms with Crippen LogP contribution in [-0.4, -0.2) is 6.54 Å². The normalized spacial score (nSPS) is 10.7. The predicted molar refractivity (Wildman–Crippen MR) is 82.8 cm³/mol. The first-order chi connectivity index (χ1) is 9.56. The van der Waals surface area contributed by atoms with Crippen LogP contribution in [0.25, 0.3) is 0 Å². The SMILES string of the molecule is CCN(c1cccc(C)c1)c1c(F)cc(CBr)cc1F. The minimum absolute atomic E-state index is 0.00259. The average molecular weight is 340 g/mol. The van der Waals surface area contributed by atoms with Crippen LogP contribution in [0.2, 0.25) is 0 Å². The van der Waals surface area contributed by atoms with Crippen molar-refractivity contribution in [1.29, 1.82) is 0 Å². The molecule has 0 heterocycles. The summed E-state index contributed by atoms with van der Waals surface area (Å²) in [5.41, 5.74) is 2.43. The first-order valence-corrected chi connectivity index (χ1v) is 7.57. The highest BCUT2D eigenvalue weighted by Gasteiger charge is 2.18. The number of benzene rings is 2. The van der Waals surface area contributed by atoms with Gasteiger partial charge in [-0.3, -0.25) is 0 Å². The van der Waals surface area contributed by atoms with Gasteiger partial charge in [-0.2, -0.15) is 0 Å². The average Bonchev–Trinajstić information content (AvgIpc) is 2.42. The Morgan fingerprint density at radius 2 is 1.75 bits per heavy atom. The fraction of sp³-hybridized carbons (Fsp3) is 0.250. The molecule has 0 saturated heterocycles. The highest BCUT2D eigenvalue weighted by Crippen LogP contribution is 2.32. The van der Waals surface area contributed by atoms with Gasteiger partial charge in [0.05, 0.1) is 0 Å². The van der Waals surface area contributed by atoms with Crippen LogP contribution in [0.1, 0.15) is 18.1 Å². The van der Waals surface area contributed by atoms with Crippen molar-refractivity contribution in [3.05, 3.63) is 59.2 Å². The first kappa shape index (κ1) is 15.0. The number of halogens is 3. The minimum Gasteiger partial charge on any atom is -0.337 e. The van der Waals surface area contributed by atoms with Crippen molar-refractivity contribution in [3.8, 4) is 0 Å². The van der Waals surface area contributed by atoms with Gasteiger partial charge in [-0.1, -0.05) is 28.1 Å². The molecule has 1 nitrogen and oxygen atoms in total. The van der Waals surface area contributed by atoms with Crippen molar-refractivity contribution < 1.29 is 8.78 Å². The number of alkyl halides is 1. The van der Waals surface area contributed by atoms with Crippen LogP contribution in [0, 0.1) is 18.6 Å².